The summed E-state index contributed by atoms with van der Waals surface area (Å²) in [5.74, 6) is -1.41. The maximum Gasteiger partial charge on any atom is 0.347 e. The molecule has 3 aromatic rings. The van der Waals surface area contributed by atoms with E-state index >= 15 is 0 Å². The van der Waals surface area contributed by atoms with E-state index in [1.54, 1.807) is 11.1 Å². The highest BCUT2D eigenvalue weighted by Crippen LogP contribution is 2.33. The number of aliphatic carboxylic acids is 1. The van der Waals surface area contributed by atoms with E-state index in [9.17, 15) is 13.2 Å². The molecule has 0 fully saturated rings. The average molecular weight is 392 g/mol. The van der Waals surface area contributed by atoms with Crippen LogP contribution < -0.4 is 0 Å². The van der Waals surface area contributed by atoms with E-state index in [-0.39, 0.29) is 0 Å². The minimum absolute atomic E-state index is 0.562. The van der Waals surface area contributed by atoms with Crippen LogP contribution in [0.25, 0.3) is 21.5 Å². The Labute approximate surface area is 163 Å². The van der Waals surface area contributed by atoms with Crippen LogP contribution >= 0.6 is 0 Å². The van der Waals surface area contributed by atoms with E-state index in [1.807, 2.05) is 0 Å². The summed E-state index contributed by atoms with van der Waals surface area (Å²) in [5, 5.41) is 14.8. The first-order chi connectivity index (χ1) is 13.5. The average Bonchev–Trinajstić information content (AvgIpc) is 3.07. The van der Waals surface area contributed by atoms with Crippen molar-refractivity contribution in [2.45, 2.75) is 25.7 Å². The molecule has 0 amide bonds. The van der Waals surface area contributed by atoms with Gasteiger partial charge in [-0.25, -0.2) is 13.2 Å². The lowest BCUT2D eigenvalue weighted by atomic mass is 9.86. The zero-order valence-electron chi connectivity index (χ0n) is 15.3. The van der Waals surface area contributed by atoms with E-state index in [4.69, 9.17) is 5.11 Å². The molecule has 4 nitrogen and oxygen atoms in total. The lowest BCUT2D eigenvalue weighted by Crippen LogP contribution is -2.07. The summed E-state index contributed by atoms with van der Waals surface area (Å²) in [6, 6.07) is 18.0. The zero-order valence-corrected chi connectivity index (χ0v) is 16.1. The molecule has 5 rings (SSSR count). The van der Waals surface area contributed by atoms with Crippen LogP contribution in [0.3, 0.4) is 0 Å². The second-order valence-corrected chi connectivity index (χ2v) is 8.80. The molecule has 5 heteroatoms. The summed E-state index contributed by atoms with van der Waals surface area (Å²) in [4.78, 5) is 9.57. The third-order valence-electron chi connectivity index (χ3n) is 5.28. The Morgan fingerprint density at radius 3 is 2.32 bits per heavy atom. The Balaban J connectivity index is 0.000000165. The summed E-state index contributed by atoms with van der Waals surface area (Å²) < 4.78 is 21.3. The smallest absolute Gasteiger partial charge is 0.347 e. The monoisotopic (exact) mass is 392 g/mol. The van der Waals surface area contributed by atoms with Gasteiger partial charge in [0.05, 0.1) is 0 Å². The molecule has 0 saturated carbocycles. The molecule has 0 spiro atoms. The fourth-order valence-electron chi connectivity index (χ4n) is 3.93. The van der Waals surface area contributed by atoms with Crippen molar-refractivity contribution in [3.63, 3.8) is 0 Å². The molecule has 142 valence electrons. The van der Waals surface area contributed by atoms with Crippen molar-refractivity contribution in [1.29, 1.82) is 0 Å². The molecule has 3 aromatic carbocycles. The van der Waals surface area contributed by atoms with Gasteiger partial charge in [0.15, 0.2) is 4.91 Å². The van der Waals surface area contributed by atoms with Gasteiger partial charge in [0, 0.05) is 5.41 Å². The third-order valence-corrected chi connectivity index (χ3v) is 6.72. The van der Waals surface area contributed by atoms with Crippen molar-refractivity contribution in [3.8, 4) is 0 Å². The van der Waals surface area contributed by atoms with Crippen LogP contribution in [-0.4, -0.2) is 19.5 Å². The van der Waals surface area contributed by atoms with Crippen molar-refractivity contribution in [3.05, 3.63) is 82.1 Å². The van der Waals surface area contributed by atoms with Gasteiger partial charge in [0.25, 0.3) is 0 Å². The van der Waals surface area contributed by atoms with Gasteiger partial charge in [-0.3, -0.25) is 0 Å². The van der Waals surface area contributed by atoms with Gasteiger partial charge in [-0.05, 0) is 70.5 Å². The van der Waals surface area contributed by atoms with Crippen LogP contribution in [0.1, 0.15) is 24.0 Å². The molecule has 0 aromatic heterocycles. The quantitative estimate of drug-likeness (QED) is 0.606. The van der Waals surface area contributed by atoms with Crippen LogP contribution in [0.4, 0.5) is 0 Å². The van der Waals surface area contributed by atoms with E-state index in [2.05, 4.69) is 48.5 Å². The predicted octanol–water partition coefficient (Wildman–Crippen LogP) is 4.77. The first-order valence-electron chi connectivity index (χ1n) is 9.26. The molecular weight excluding hydrogens is 372 g/mol. The Hall–Kier alpha value is -2.92. The molecule has 1 N–H and O–H groups in total. The topological polar surface area (TPSA) is 71.4 Å². The SMILES string of the molecule is O=C(O)C1=CC=CS1(=O)=O.c1ccc2c(c1)ccc1c3c(ccc12)CCCC3. The van der Waals surface area contributed by atoms with Gasteiger partial charge in [0.2, 0.25) is 9.84 Å². The van der Waals surface area contributed by atoms with Gasteiger partial charge < -0.3 is 5.11 Å². The minimum Gasteiger partial charge on any atom is -0.477 e. The molecule has 1 aliphatic heterocycles. The van der Waals surface area contributed by atoms with Gasteiger partial charge in [-0.15, -0.1) is 0 Å². The zero-order chi connectivity index (χ0) is 19.7. The third kappa shape index (κ3) is 3.34. The molecule has 0 unspecified atom stereocenters. The first-order valence-corrected chi connectivity index (χ1v) is 10.8. The van der Waals surface area contributed by atoms with E-state index in [0.29, 0.717) is 0 Å². The highest BCUT2D eigenvalue weighted by atomic mass is 32.2. The Morgan fingerprint density at radius 1 is 0.857 bits per heavy atom. The molecule has 0 saturated heterocycles. The van der Waals surface area contributed by atoms with Crippen LogP contribution in [0.2, 0.25) is 0 Å². The number of sulfone groups is 1. The fourth-order valence-corrected chi connectivity index (χ4v) is 4.88. The maximum absolute atomic E-state index is 10.7. The van der Waals surface area contributed by atoms with Gasteiger partial charge in [0.1, 0.15) is 0 Å². The van der Waals surface area contributed by atoms with Gasteiger partial charge in [-0.2, -0.15) is 0 Å². The van der Waals surface area contributed by atoms with Crippen molar-refractivity contribution >= 4 is 37.4 Å². The summed E-state index contributed by atoms with van der Waals surface area (Å²) >= 11 is 0. The van der Waals surface area contributed by atoms with Gasteiger partial charge in [-0.1, -0.05) is 48.5 Å². The highest BCUT2D eigenvalue weighted by Gasteiger charge is 2.24. The number of aryl methyl sites for hydroxylation is 2. The summed E-state index contributed by atoms with van der Waals surface area (Å²) in [5.41, 5.74) is 3.17. The molecular formula is C23H20O4S. The Bertz CT molecular complexity index is 1250. The second kappa shape index (κ2) is 7.24. The molecule has 2 aliphatic rings. The highest BCUT2D eigenvalue weighted by molar-refractivity contribution is 7.99. The van der Waals surface area contributed by atoms with Gasteiger partial charge >= 0.3 is 5.97 Å². The lowest BCUT2D eigenvalue weighted by Gasteiger charge is -2.18. The van der Waals surface area contributed by atoms with Crippen LogP contribution in [0, 0.1) is 0 Å². The Morgan fingerprint density at radius 2 is 1.61 bits per heavy atom. The number of rotatable bonds is 1. The molecule has 0 radical (unpaired) electrons. The summed E-state index contributed by atoms with van der Waals surface area (Å²) in [6.45, 7) is 0. The molecule has 1 heterocycles. The number of benzene rings is 3. The predicted molar refractivity (Wildman–Crippen MR) is 112 cm³/mol. The summed E-state index contributed by atoms with van der Waals surface area (Å²) in [7, 11) is -3.61. The number of carboxylic acid groups (broad SMARTS) is 1. The largest absolute Gasteiger partial charge is 0.477 e. The molecule has 0 atom stereocenters. The van der Waals surface area contributed by atoms with E-state index < -0.39 is 20.7 Å². The van der Waals surface area contributed by atoms with Crippen molar-refractivity contribution in [2.24, 2.45) is 0 Å². The minimum atomic E-state index is -3.61. The van der Waals surface area contributed by atoms with Crippen molar-refractivity contribution in [1.82, 2.24) is 0 Å². The second-order valence-electron chi connectivity index (χ2n) is 7.00. The number of allylic oxidation sites excluding steroid dienone is 2. The Kier molecular flexibility index (Phi) is 4.77. The van der Waals surface area contributed by atoms with Crippen molar-refractivity contribution < 1.29 is 18.3 Å². The fraction of sp³-hybridized carbons (Fsp3) is 0.174. The molecule has 0 bridgehead atoms. The molecule has 1 aliphatic carbocycles. The van der Waals surface area contributed by atoms with E-state index in [1.165, 1.54) is 53.3 Å². The van der Waals surface area contributed by atoms with Crippen molar-refractivity contribution in [2.75, 3.05) is 0 Å². The number of hydrogen-bond acceptors (Lipinski definition) is 3. The normalized spacial score (nSPS) is 16.9. The maximum atomic E-state index is 10.7. The van der Waals surface area contributed by atoms with E-state index in [0.717, 1.165) is 11.5 Å². The first kappa shape index (κ1) is 18.4. The molecule has 28 heavy (non-hydrogen) atoms. The number of hydrogen-bond donors (Lipinski definition) is 1. The lowest BCUT2D eigenvalue weighted by molar-refractivity contribution is -0.131. The standard InChI is InChI=1S/C18H16.C5H4O4S/c1-3-7-15-13(5-1)9-11-18-16-8-4-2-6-14(16)10-12-17(15)18;6-5(7)4-2-1-3-10(4,8)9/h1,3,5,7,9-12H,2,4,6,8H2;1-3H,(H,6,7). The number of carboxylic acids is 1. The van der Waals surface area contributed by atoms with Crippen LogP contribution in [-0.2, 0) is 27.5 Å². The van der Waals surface area contributed by atoms with Crippen LogP contribution in [0.5, 0.6) is 0 Å². The summed E-state index contributed by atoms with van der Waals surface area (Å²) in [6.07, 6.45) is 7.46. The number of fused-ring (bicyclic) bond motifs is 5. The van der Waals surface area contributed by atoms with Crippen LogP contribution in [0.15, 0.2) is 71.0 Å². The number of carbonyl (C=O) groups is 1.